The first-order valence-electron chi connectivity index (χ1n) is 8.65. The van der Waals surface area contributed by atoms with Crippen molar-refractivity contribution in [2.24, 2.45) is 4.99 Å². The summed E-state index contributed by atoms with van der Waals surface area (Å²) in [6.07, 6.45) is -2.07. The van der Waals surface area contributed by atoms with Gasteiger partial charge in [0.05, 0.1) is 5.56 Å². The molecule has 0 bridgehead atoms. The monoisotopic (exact) mass is 512 g/mol. The summed E-state index contributed by atoms with van der Waals surface area (Å²) >= 11 is 0. The Balaban J connectivity index is 0.00000729. The fourth-order valence-electron chi connectivity index (χ4n) is 2.23. The molecule has 1 amide bonds. The number of halogens is 4. The Hall–Kier alpha value is -1.78. The minimum atomic E-state index is -4.35. The van der Waals surface area contributed by atoms with Crippen LogP contribution in [0, 0.1) is 0 Å². The number of aliphatic imine (C=N–C) groups is 1. The molecule has 28 heavy (non-hydrogen) atoms. The van der Waals surface area contributed by atoms with E-state index in [2.05, 4.69) is 22.2 Å². The molecule has 0 aliphatic rings. The molecule has 1 atom stereocenters. The number of likely N-dealkylation sites (N-methyl/N-ethyl adjacent to an activating group) is 1. The van der Waals surface area contributed by atoms with E-state index in [1.807, 2.05) is 6.92 Å². The van der Waals surface area contributed by atoms with Crippen LogP contribution in [0.5, 0.6) is 0 Å². The second-order valence-corrected chi connectivity index (χ2v) is 6.36. The molecule has 0 aliphatic carbocycles. The Kier molecular flexibility index (Phi) is 11.8. The van der Waals surface area contributed by atoms with Gasteiger partial charge in [0.2, 0.25) is 5.91 Å². The van der Waals surface area contributed by atoms with E-state index in [-0.39, 0.29) is 42.3 Å². The zero-order valence-corrected chi connectivity index (χ0v) is 18.7. The van der Waals surface area contributed by atoms with Gasteiger partial charge < -0.3 is 15.5 Å². The second kappa shape index (κ2) is 12.6. The smallest absolute Gasteiger partial charge is 0.356 e. The molecule has 0 aliphatic heterocycles. The number of alkyl halides is 3. The van der Waals surface area contributed by atoms with E-state index >= 15 is 0 Å². The number of carbonyl (C=O) groups is 1. The van der Waals surface area contributed by atoms with Crippen molar-refractivity contribution in [3.05, 3.63) is 48.0 Å². The van der Waals surface area contributed by atoms with E-state index in [1.165, 1.54) is 17.0 Å². The minimum absolute atomic E-state index is 0. The van der Waals surface area contributed by atoms with Gasteiger partial charge in [-0.15, -0.1) is 30.6 Å². The zero-order chi connectivity index (χ0) is 20.4. The van der Waals surface area contributed by atoms with Crippen molar-refractivity contribution in [2.45, 2.75) is 25.4 Å². The second-order valence-electron chi connectivity index (χ2n) is 6.36. The Morgan fingerprint density at radius 1 is 1.32 bits per heavy atom. The summed E-state index contributed by atoms with van der Waals surface area (Å²) < 4.78 is 38.5. The fraction of sp³-hybridized carbons (Fsp3) is 0.474. The van der Waals surface area contributed by atoms with Gasteiger partial charge in [-0.2, -0.15) is 13.2 Å². The highest BCUT2D eigenvalue weighted by atomic mass is 127. The summed E-state index contributed by atoms with van der Waals surface area (Å²) in [5.41, 5.74) is -0.0103. The van der Waals surface area contributed by atoms with Crippen LogP contribution in [0.2, 0.25) is 0 Å². The molecule has 1 aromatic rings. The number of benzene rings is 1. The van der Waals surface area contributed by atoms with E-state index in [0.29, 0.717) is 31.0 Å². The van der Waals surface area contributed by atoms with Gasteiger partial charge in [-0.25, -0.2) is 4.99 Å². The molecule has 1 rings (SSSR count). The Labute approximate surface area is 181 Å². The van der Waals surface area contributed by atoms with Gasteiger partial charge in [0, 0.05) is 27.2 Å². The Morgan fingerprint density at radius 2 is 2.00 bits per heavy atom. The standard InChI is InChI=1S/C19H27F3N4O.HI/c1-5-10-23-18(25-13-17(27)26(3)4)24-11-9-14(2)15-7-6-8-16(12-15)19(20,21)22;/h5-8,12,14H,1,9-11,13H2,2-4H3,(H2,23,24,25);1H. The first kappa shape index (κ1) is 26.2. The normalized spacial score (nSPS) is 12.6. The van der Waals surface area contributed by atoms with Crippen LogP contribution in [0.4, 0.5) is 13.2 Å². The maximum atomic E-state index is 12.8. The molecule has 0 saturated carbocycles. The van der Waals surface area contributed by atoms with E-state index in [1.54, 1.807) is 26.2 Å². The third-order valence-corrected chi connectivity index (χ3v) is 3.94. The van der Waals surface area contributed by atoms with Gasteiger partial charge in [0.1, 0.15) is 6.54 Å². The lowest BCUT2D eigenvalue weighted by Gasteiger charge is -2.16. The predicted molar refractivity (Wildman–Crippen MR) is 117 cm³/mol. The van der Waals surface area contributed by atoms with Crippen LogP contribution in [0.3, 0.4) is 0 Å². The molecule has 2 N–H and O–H groups in total. The van der Waals surface area contributed by atoms with Gasteiger partial charge in [-0.3, -0.25) is 4.79 Å². The van der Waals surface area contributed by atoms with Crippen LogP contribution in [-0.4, -0.2) is 50.5 Å². The van der Waals surface area contributed by atoms with Crippen LogP contribution in [0.25, 0.3) is 0 Å². The van der Waals surface area contributed by atoms with Crippen LogP contribution in [-0.2, 0) is 11.0 Å². The van der Waals surface area contributed by atoms with Gasteiger partial charge >= 0.3 is 6.18 Å². The van der Waals surface area contributed by atoms with Crippen molar-refractivity contribution in [1.29, 1.82) is 0 Å². The van der Waals surface area contributed by atoms with E-state index in [9.17, 15) is 18.0 Å². The maximum Gasteiger partial charge on any atom is 0.416 e. The van der Waals surface area contributed by atoms with Crippen LogP contribution < -0.4 is 10.6 Å². The molecule has 0 saturated heterocycles. The molecule has 0 spiro atoms. The van der Waals surface area contributed by atoms with E-state index in [4.69, 9.17) is 0 Å². The highest BCUT2D eigenvalue weighted by Crippen LogP contribution is 2.31. The van der Waals surface area contributed by atoms with Gasteiger partial charge in [0.15, 0.2) is 5.96 Å². The number of nitrogens with zero attached hydrogens (tertiary/aromatic N) is 2. The maximum absolute atomic E-state index is 12.8. The van der Waals surface area contributed by atoms with Crippen LogP contribution >= 0.6 is 24.0 Å². The third kappa shape index (κ3) is 9.43. The molecule has 0 heterocycles. The van der Waals surface area contributed by atoms with E-state index in [0.717, 1.165) is 6.07 Å². The summed E-state index contributed by atoms with van der Waals surface area (Å²) in [6.45, 7) is 6.47. The topological polar surface area (TPSA) is 56.7 Å². The van der Waals surface area contributed by atoms with Crippen LogP contribution in [0.15, 0.2) is 41.9 Å². The molecule has 9 heteroatoms. The molecule has 5 nitrogen and oxygen atoms in total. The molecule has 0 radical (unpaired) electrons. The SMILES string of the molecule is C=CCNC(=NCC(=O)N(C)C)NCCC(C)c1cccc(C(F)(F)F)c1.I. The lowest BCUT2D eigenvalue weighted by Crippen LogP contribution is -2.39. The first-order chi connectivity index (χ1) is 12.6. The summed E-state index contributed by atoms with van der Waals surface area (Å²) in [6, 6.07) is 5.37. The number of hydrogen-bond acceptors (Lipinski definition) is 2. The molecule has 1 unspecified atom stereocenters. The third-order valence-electron chi connectivity index (χ3n) is 3.94. The summed E-state index contributed by atoms with van der Waals surface area (Å²) in [5, 5.41) is 6.10. The molecule has 158 valence electrons. The van der Waals surface area contributed by atoms with Gasteiger partial charge in [0.25, 0.3) is 0 Å². The molecular weight excluding hydrogens is 484 g/mol. The molecular formula is C19H28F3IN4O. The number of amides is 1. The lowest BCUT2D eigenvalue weighted by atomic mass is 9.96. The molecule has 0 fully saturated rings. The minimum Gasteiger partial charge on any atom is -0.356 e. The summed E-state index contributed by atoms with van der Waals surface area (Å²) in [7, 11) is 3.30. The van der Waals surface area contributed by atoms with Crippen molar-refractivity contribution in [3.8, 4) is 0 Å². The number of carbonyl (C=O) groups excluding carboxylic acids is 1. The highest BCUT2D eigenvalue weighted by Gasteiger charge is 2.30. The van der Waals surface area contributed by atoms with Crippen molar-refractivity contribution < 1.29 is 18.0 Å². The molecule has 0 aromatic heterocycles. The van der Waals surface area contributed by atoms with Crippen molar-refractivity contribution in [2.75, 3.05) is 33.7 Å². The average Bonchev–Trinajstić information content (AvgIpc) is 2.62. The zero-order valence-electron chi connectivity index (χ0n) is 16.3. The van der Waals surface area contributed by atoms with Gasteiger partial charge in [-0.1, -0.05) is 31.2 Å². The fourth-order valence-corrected chi connectivity index (χ4v) is 2.23. The Morgan fingerprint density at radius 3 is 2.57 bits per heavy atom. The number of nitrogens with one attached hydrogen (secondary N) is 2. The van der Waals surface area contributed by atoms with Crippen molar-refractivity contribution in [1.82, 2.24) is 15.5 Å². The molecule has 1 aromatic carbocycles. The summed E-state index contributed by atoms with van der Waals surface area (Å²) in [4.78, 5) is 17.3. The number of rotatable bonds is 8. The van der Waals surface area contributed by atoms with Crippen LogP contribution in [0.1, 0.15) is 30.4 Å². The van der Waals surface area contributed by atoms with Crippen molar-refractivity contribution >= 4 is 35.8 Å². The quantitative estimate of drug-likeness (QED) is 0.242. The van der Waals surface area contributed by atoms with Crippen molar-refractivity contribution in [3.63, 3.8) is 0 Å². The number of hydrogen-bond donors (Lipinski definition) is 2. The first-order valence-corrected chi connectivity index (χ1v) is 8.65. The predicted octanol–water partition coefficient (Wildman–Crippen LogP) is 3.63. The summed E-state index contributed by atoms with van der Waals surface area (Å²) in [5.74, 6) is 0.261. The largest absolute Gasteiger partial charge is 0.416 e. The lowest BCUT2D eigenvalue weighted by molar-refractivity contribution is -0.137. The number of guanidine groups is 1. The highest BCUT2D eigenvalue weighted by molar-refractivity contribution is 14.0. The Bertz CT molecular complexity index is 663. The van der Waals surface area contributed by atoms with Gasteiger partial charge in [-0.05, 0) is 24.0 Å². The van der Waals surface area contributed by atoms with E-state index < -0.39 is 11.7 Å². The average molecular weight is 512 g/mol.